The first-order valence-electron chi connectivity index (χ1n) is 6.33. The zero-order valence-corrected chi connectivity index (χ0v) is 12.6. The molecule has 0 aliphatic rings. The topological polar surface area (TPSA) is 90.0 Å². The summed E-state index contributed by atoms with van der Waals surface area (Å²) in [5, 5.41) is 0. The highest BCUT2D eigenvalue weighted by Crippen LogP contribution is 2.27. The molecular weight excluding hydrogens is 295 g/mol. The van der Waals surface area contributed by atoms with E-state index in [2.05, 4.69) is 9.71 Å². The normalized spacial score (nSPS) is 11.8. The molecular formula is C13H17FN4O2S. The fourth-order valence-corrected chi connectivity index (χ4v) is 3.64. The summed E-state index contributed by atoms with van der Waals surface area (Å²) in [4.78, 5) is 3.91. The van der Waals surface area contributed by atoms with Gasteiger partial charge in [-0.15, -0.1) is 0 Å². The molecule has 0 fully saturated rings. The van der Waals surface area contributed by atoms with Crippen molar-refractivity contribution in [3.63, 3.8) is 0 Å². The van der Waals surface area contributed by atoms with Crippen LogP contribution < -0.4 is 10.5 Å². The average Bonchev–Trinajstić information content (AvgIpc) is 2.88. The zero-order chi connectivity index (χ0) is 15.6. The van der Waals surface area contributed by atoms with Gasteiger partial charge in [-0.25, -0.2) is 22.5 Å². The number of hydrogen-bond acceptors (Lipinski definition) is 4. The Morgan fingerprint density at radius 2 is 2.14 bits per heavy atom. The summed E-state index contributed by atoms with van der Waals surface area (Å²) < 4.78 is 42.4. The first-order chi connectivity index (χ1) is 9.83. The summed E-state index contributed by atoms with van der Waals surface area (Å²) in [6, 6.07) is 1.13. The summed E-state index contributed by atoms with van der Waals surface area (Å²) >= 11 is 0. The summed E-state index contributed by atoms with van der Waals surface area (Å²) in [7, 11) is -3.74. The van der Waals surface area contributed by atoms with Crippen LogP contribution in [0.25, 0.3) is 0 Å². The lowest BCUT2D eigenvalue weighted by molar-refractivity contribution is 0.570. The van der Waals surface area contributed by atoms with Gasteiger partial charge in [0, 0.05) is 25.5 Å². The second-order valence-corrected chi connectivity index (χ2v) is 6.45. The molecule has 0 spiro atoms. The Balaban J connectivity index is 2.22. The molecule has 21 heavy (non-hydrogen) atoms. The van der Waals surface area contributed by atoms with Gasteiger partial charge in [0.1, 0.15) is 5.82 Å². The molecule has 6 nitrogen and oxygen atoms in total. The molecule has 0 aliphatic carbocycles. The number of aromatic nitrogens is 2. The van der Waals surface area contributed by atoms with Gasteiger partial charge in [0.15, 0.2) is 0 Å². The largest absolute Gasteiger partial charge is 0.396 e. The molecule has 2 rings (SSSR count). The quantitative estimate of drug-likeness (QED) is 0.812. The molecule has 114 valence electrons. The molecule has 0 saturated heterocycles. The molecule has 0 atom stereocenters. The summed E-state index contributed by atoms with van der Waals surface area (Å²) in [5.41, 5.74) is 5.98. The van der Waals surface area contributed by atoms with Crippen LogP contribution in [-0.4, -0.2) is 24.5 Å². The number of anilines is 1. The van der Waals surface area contributed by atoms with Crippen LogP contribution in [0.4, 0.5) is 10.1 Å². The van der Waals surface area contributed by atoms with Gasteiger partial charge < -0.3 is 10.3 Å². The van der Waals surface area contributed by atoms with E-state index in [-0.39, 0.29) is 22.7 Å². The predicted molar refractivity (Wildman–Crippen MR) is 77.7 cm³/mol. The van der Waals surface area contributed by atoms with Crippen LogP contribution in [-0.2, 0) is 16.6 Å². The van der Waals surface area contributed by atoms with Gasteiger partial charge in [-0.3, -0.25) is 0 Å². The molecule has 2 aromatic rings. The number of rotatable bonds is 5. The van der Waals surface area contributed by atoms with Crippen molar-refractivity contribution in [1.82, 2.24) is 14.3 Å². The lowest BCUT2D eigenvalue weighted by Gasteiger charge is -2.14. The molecule has 1 aromatic heterocycles. The van der Waals surface area contributed by atoms with Crippen molar-refractivity contribution in [1.29, 1.82) is 0 Å². The third-order valence-corrected chi connectivity index (χ3v) is 4.94. The van der Waals surface area contributed by atoms with Crippen molar-refractivity contribution >= 4 is 15.7 Å². The minimum Gasteiger partial charge on any atom is -0.396 e. The Kier molecular flexibility index (Phi) is 4.29. The van der Waals surface area contributed by atoms with E-state index in [9.17, 15) is 12.8 Å². The number of nitrogens with two attached hydrogens (primary N) is 1. The van der Waals surface area contributed by atoms with E-state index < -0.39 is 15.8 Å². The fourth-order valence-electron chi connectivity index (χ4n) is 2.14. The number of halogens is 1. The van der Waals surface area contributed by atoms with Crippen LogP contribution in [0, 0.1) is 19.7 Å². The molecule has 1 aromatic carbocycles. The molecule has 0 bridgehead atoms. The monoisotopic (exact) mass is 312 g/mol. The predicted octanol–water partition coefficient (Wildman–Crippen LogP) is 1.20. The fraction of sp³-hybridized carbons (Fsp3) is 0.308. The molecule has 0 unspecified atom stereocenters. The van der Waals surface area contributed by atoms with E-state index in [1.54, 1.807) is 30.2 Å². The number of hydrogen-bond donors (Lipinski definition) is 2. The van der Waals surface area contributed by atoms with Gasteiger partial charge in [0.05, 0.1) is 16.9 Å². The van der Waals surface area contributed by atoms with Gasteiger partial charge in [0.25, 0.3) is 0 Å². The third-order valence-electron chi connectivity index (χ3n) is 3.19. The van der Waals surface area contributed by atoms with E-state index in [0.29, 0.717) is 12.1 Å². The van der Waals surface area contributed by atoms with Crippen molar-refractivity contribution in [3.05, 3.63) is 41.7 Å². The van der Waals surface area contributed by atoms with Crippen LogP contribution in [0.15, 0.2) is 29.7 Å². The lowest BCUT2D eigenvalue weighted by atomic mass is 10.1. The second-order valence-electron chi connectivity index (χ2n) is 4.74. The Labute approximate surface area is 122 Å². The SMILES string of the molecule is Cc1cc(F)c(N)c(C)c1S(=O)(=O)NCCn1ccnc1. The van der Waals surface area contributed by atoms with E-state index in [4.69, 9.17) is 5.73 Å². The molecule has 0 radical (unpaired) electrons. The average molecular weight is 312 g/mol. The number of benzene rings is 1. The minimum atomic E-state index is -3.74. The first-order valence-corrected chi connectivity index (χ1v) is 7.82. The molecule has 0 amide bonds. The zero-order valence-electron chi connectivity index (χ0n) is 11.8. The highest BCUT2D eigenvalue weighted by molar-refractivity contribution is 7.89. The van der Waals surface area contributed by atoms with Crippen molar-refractivity contribution in [2.45, 2.75) is 25.3 Å². The first kappa shape index (κ1) is 15.5. The van der Waals surface area contributed by atoms with Crippen LogP contribution >= 0.6 is 0 Å². The molecule has 3 N–H and O–H groups in total. The van der Waals surface area contributed by atoms with Crippen molar-refractivity contribution in [2.24, 2.45) is 0 Å². The Hall–Kier alpha value is -1.93. The Bertz CT molecular complexity index is 742. The summed E-state index contributed by atoms with van der Waals surface area (Å²) in [6.07, 6.45) is 4.95. The second kappa shape index (κ2) is 5.82. The van der Waals surface area contributed by atoms with Crippen LogP contribution in [0.3, 0.4) is 0 Å². The smallest absolute Gasteiger partial charge is 0.241 e. The minimum absolute atomic E-state index is 0.0343. The van der Waals surface area contributed by atoms with E-state index in [1.807, 2.05) is 0 Å². The van der Waals surface area contributed by atoms with Crippen LogP contribution in [0.1, 0.15) is 11.1 Å². The maximum atomic E-state index is 13.5. The summed E-state index contributed by atoms with van der Waals surface area (Å²) in [6.45, 7) is 3.69. The summed E-state index contributed by atoms with van der Waals surface area (Å²) in [5.74, 6) is -0.609. The molecule has 0 saturated carbocycles. The maximum absolute atomic E-state index is 13.5. The lowest BCUT2D eigenvalue weighted by Crippen LogP contribution is -2.28. The highest BCUT2D eigenvalue weighted by Gasteiger charge is 2.22. The van der Waals surface area contributed by atoms with Gasteiger partial charge >= 0.3 is 0 Å². The number of imidazole rings is 1. The number of nitrogen functional groups attached to an aromatic ring is 1. The maximum Gasteiger partial charge on any atom is 0.241 e. The number of aryl methyl sites for hydroxylation is 1. The van der Waals surface area contributed by atoms with Gasteiger partial charge in [-0.05, 0) is 31.0 Å². The number of nitrogens with zero attached hydrogens (tertiary/aromatic N) is 2. The molecule has 8 heteroatoms. The van der Waals surface area contributed by atoms with Gasteiger partial charge in [-0.1, -0.05) is 0 Å². The van der Waals surface area contributed by atoms with E-state index in [1.165, 1.54) is 6.92 Å². The number of sulfonamides is 1. The van der Waals surface area contributed by atoms with E-state index >= 15 is 0 Å². The molecule has 1 heterocycles. The third kappa shape index (κ3) is 3.22. The highest BCUT2D eigenvalue weighted by atomic mass is 32.2. The van der Waals surface area contributed by atoms with E-state index in [0.717, 1.165) is 6.07 Å². The van der Waals surface area contributed by atoms with Crippen molar-refractivity contribution in [2.75, 3.05) is 12.3 Å². The molecule has 0 aliphatic heterocycles. The standard InChI is InChI=1S/C13H17FN4O2S/c1-9-7-11(14)12(15)10(2)13(9)21(19,20)17-4-6-18-5-3-16-8-18/h3,5,7-8,17H,4,6,15H2,1-2H3. The van der Waals surface area contributed by atoms with Crippen LogP contribution in [0.5, 0.6) is 0 Å². The van der Waals surface area contributed by atoms with Gasteiger partial charge in [-0.2, -0.15) is 0 Å². The van der Waals surface area contributed by atoms with Crippen molar-refractivity contribution in [3.8, 4) is 0 Å². The Morgan fingerprint density at radius 1 is 1.43 bits per heavy atom. The van der Waals surface area contributed by atoms with Gasteiger partial charge in [0.2, 0.25) is 10.0 Å². The van der Waals surface area contributed by atoms with Crippen molar-refractivity contribution < 1.29 is 12.8 Å². The number of nitrogens with one attached hydrogen (secondary N) is 1. The van der Waals surface area contributed by atoms with Crippen LogP contribution in [0.2, 0.25) is 0 Å². The Morgan fingerprint density at radius 3 is 2.76 bits per heavy atom.